The smallest absolute Gasteiger partial charge is 0.345 e. The molecule has 0 atom stereocenters. The topological polar surface area (TPSA) is 54.4 Å². The summed E-state index contributed by atoms with van der Waals surface area (Å²) in [6, 6.07) is 7.36. The monoisotopic (exact) mass is 362 g/mol. The molecule has 0 fully saturated rings. The normalized spacial score (nSPS) is 10.9. The SMILES string of the molecule is CCc1c(-c2ccc(C(=O)O)s2)sc(-c2ccc(C=O)s2)c1C. The van der Waals surface area contributed by atoms with Crippen LogP contribution in [0.5, 0.6) is 0 Å². The van der Waals surface area contributed by atoms with E-state index in [0.29, 0.717) is 4.88 Å². The number of aromatic carboxylic acids is 1. The third-order valence-corrected chi connectivity index (χ3v) is 7.41. The highest BCUT2D eigenvalue weighted by atomic mass is 32.1. The van der Waals surface area contributed by atoms with Crippen molar-refractivity contribution in [2.75, 3.05) is 0 Å². The van der Waals surface area contributed by atoms with Crippen LogP contribution in [-0.2, 0) is 6.42 Å². The summed E-state index contributed by atoms with van der Waals surface area (Å²) in [7, 11) is 0. The molecule has 23 heavy (non-hydrogen) atoms. The number of carbonyl (C=O) groups is 2. The van der Waals surface area contributed by atoms with E-state index in [2.05, 4.69) is 13.8 Å². The Labute approximate surface area is 145 Å². The van der Waals surface area contributed by atoms with Gasteiger partial charge in [-0.15, -0.1) is 34.0 Å². The number of carboxylic acid groups (broad SMARTS) is 1. The molecule has 0 radical (unpaired) electrons. The Balaban J connectivity index is 2.12. The minimum atomic E-state index is -0.887. The first-order valence-corrected chi connectivity index (χ1v) is 9.51. The van der Waals surface area contributed by atoms with Gasteiger partial charge in [0.1, 0.15) is 4.88 Å². The van der Waals surface area contributed by atoms with E-state index in [1.807, 2.05) is 18.2 Å². The van der Waals surface area contributed by atoms with Gasteiger partial charge < -0.3 is 5.11 Å². The first-order chi connectivity index (χ1) is 11.0. The minimum absolute atomic E-state index is 0.356. The van der Waals surface area contributed by atoms with Crippen LogP contribution < -0.4 is 0 Å². The Bertz CT molecular complexity index is 883. The van der Waals surface area contributed by atoms with Gasteiger partial charge in [-0.1, -0.05) is 6.92 Å². The van der Waals surface area contributed by atoms with Crippen molar-refractivity contribution in [3.8, 4) is 19.5 Å². The zero-order valence-electron chi connectivity index (χ0n) is 12.6. The maximum absolute atomic E-state index is 11.1. The molecule has 0 saturated heterocycles. The Hall–Kier alpha value is -1.76. The molecule has 1 N–H and O–H groups in total. The maximum Gasteiger partial charge on any atom is 0.345 e. The van der Waals surface area contributed by atoms with Crippen molar-refractivity contribution >= 4 is 46.3 Å². The summed E-state index contributed by atoms with van der Waals surface area (Å²) in [6.07, 6.45) is 1.76. The molecule has 6 heteroatoms. The fourth-order valence-electron chi connectivity index (χ4n) is 2.52. The molecule has 0 aliphatic carbocycles. The third kappa shape index (κ3) is 2.89. The van der Waals surface area contributed by atoms with Crippen LogP contribution in [0.15, 0.2) is 24.3 Å². The molecule has 3 nitrogen and oxygen atoms in total. The number of carbonyl (C=O) groups excluding carboxylic acids is 1. The predicted molar refractivity (Wildman–Crippen MR) is 97.4 cm³/mol. The third-order valence-electron chi connectivity index (χ3n) is 3.63. The van der Waals surface area contributed by atoms with Gasteiger partial charge in [0.25, 0.3) is 0 Å². The Kier molecular flexibility index (Phi) is 4.48. The lowest BCUT2D eigenvalue weighted by atomic mass is 10.1. The molecule has 0 saturated carbocycles. The summed E-state index contributed by atoms with van der Waals surface area (Å²) >= 11 is 4.48. The molecular formula is C17H14O3S3. The number of carboxylic acids is 1. The van der Waals surface area contributed by atoms with Crippen LogP contribution in [0.3, 0.4) is 0 Å². The van der Waals surface area contributed by atoms with E-state index in [1.165, 1.54) is 38.7 Å². The van der Waals surface area contributed by atoms with Gasteiger partial charge in [-0.3, -0.25) is 4.79 Å². The fraction of sp³-hybridized carbons (Fsp3) is 0.176. The molecule has 0 unspecified atom stereocenters. The molecule has 3 rings (SSSR count). The summed E-state index contributed by atoms with van der Waals surface area (Å²) in [5, 5.41) is 9.12. The highest BCUT2D eigenvalue weighted by Crippen LogP contribution is 2.45. The van der Waals surface area contributed by atoms with E-state index in [-0.39, 0.29) is 0 Å². The zero-order valence-corrected chi connectivity index (χ0v) is 15.0. The molecule has 0 amide bonds. The second-order valence-corrected chi connectivity index (χ2v) is 8.23. The second-order valence-electron chi connectivity index (χ2n) is 5.01. The minimum Gasteiger partial charge on any atom is -0.477 e. The van der Waals surface area contributed by atoms with Crippen molar-refractivity contribution in [2.24, 2.45) is 0 Å². The first kappa shape index (κ1) is 16.1. The lowest BCUT2D eigenvalue weighted by molar-refractivity contribution is 0.0702. The number of thiophene rings is 3. The molecule has 0 spiro atoms. The van der Waals surface area contributed by atoms with Crippen LogP contribution in [0, 0.1) is 6.92 Å². The second kappa shape index (κ2) is 6.39. The number of hydrogen-bond acceptors (Lipinski definition) is 5. The molecule has 3 aromatic heterocycles. The summed E-state index contributed by atoms with van der Waals surface area (Å²) in [5.74, 6) is -0.887. The van der Waals surface area contributed by atoms with Crippen molar-refractivity contribution in [3.63, 3.8) is 0 Å². The standard InChI is InChI=1S/C17H14O3S3/c1-3-11-9(2)15(12-5-4-10(8-18)21-12)23-16(11)13-6-7-14(22-13)17(19)20/h4-8H,3H2,1-2H3,(H,19,20). The van der Waals surface area contributed by atoms with Gasteiger partial charge in [-0.25, -0.2) is 4.79 Å². The molecular weight excluding hydrogens is 348 g/mol. The number of hydrogen-bond donors (Lipinski definition) is 1. The molecule has 0 aliphatic rings. The first-order valence-electron chi connectivity index (χ1n) is 7.06. The van der Waals surface area contributed by atoms with Gasteiger partial charge in [0.15, 0.2) is 6.29 Å². The Morgan fingerprint density at radius 2 is 1.78 bits per heavy atom. The van der Waals surface area contributed by atoms with E-state index in [1.54, 1.807) is 17.4 Å². The average Bonchev–Trinajstić information content (AvgIpc) is 3.24. The summed E-state index contributed by atoms with van der Waals surface area (Å²) in [4.78, 5) is 27.5. The Morgan fingerprint density at radius 1 is 1.09 bits per heavy atom. The van der Waals surface area contributed by atoms with Gasteiger partial charge in [0.2, 0.25) is 0 Å². The molecule has 118 valence electrons. The van der Waals surface area contributed by atoms with E-state index < -0.39 is 5.97 Å². The molecule has 3 aromatic rings. The van der Waals surface area contributed by atoms with Crippen molar-refractivity contribution in [3.05, 3.63) is 45.1 Å². The van der Waals surface area contributed by atoms with Crippen molar-refractivity contribution in [1.29, 1.82) is 0 Å². The summed E-state index contributed by atoms with van der Waals surface area (Å²) in [6.45, 7) is 4.21. The highest BCUT2D eigenvalue weighted by Gasteiger charge is 2.19. The van der Waals surface area contributed by atoms with Crippen molar-refractivity contribution < 1.29 is 14.7 Å². The molecule has 0 aromatic carbocycles. The van der Waals surface area contributed by atoms with Gasteiger partial charge in [-0.2, -0.15) is 0 Å². The van der Waals surface area contributed by atoms with Crippen LogP contribution in [0.1, 0.15) is 37.4 Å². The molecule has 0 aliphatic heterocycles. The molecule has 3 heterocycles. The van der Waals surface area contributed by atoms with E-state index in [0.717, 1.165) is 32.2 Å². The Morgan fingerprint density at radius 3 is 2.35 bits per heavy atom. The van der Waals surface area contributed by atoms with Gasteiger partial charge in [-0.05, 0) is 48.7 Å². The van der Waals surface area contributed by atoms with Gasteiger partial charge in [0, 0.05) is 19.5 Å². The van der Waals surface area contributed by atoms with Crippen molar-refractivity contribution in [2.45, 2.75) is 20.3 Å². The maximum atomic E-state index is 11.1. The van der Waals surface area contributed by atoms with E-state index >= 15 is 0 Å². The lowest BCUT2D eigenvalue weighted by Crippen LogP contribution is -1.89. The van der Waals surface area contributed by atoms with Gasteiger partial charge in [0.05, 0.1) is 4.88 Å². The van der Waals surface area contributed by atoms with Crippen LogP contribution in [0.2, 0.25) is 0 Å². The zero-order chi connectivity index (χ0) is 16.6. The van der Waals surface area contributed by atoms with Crippen LogP contribution in [0.4, 0.5) is 0 Å². The average molecular weight is 362 g/mol. The largest absolute Gasteiger partial charge is 0.477 e. The highest BCUT2D eigenvalue weighted by molar-refractivity contribution is 7.27. The van der Waals surface area contributed by atoms with E-state index in [4.69, 9.17) is 5.11 Å². The van der Waals surface area contributed by atoms with Crippen LogP contribution in [0.25, 0.3) is 19.5 Å². The number of rotatable bonds is 5. The summed E-state index contributed by atoms with van der Waals surface area (Å²) in [5.41, 5.74) is 2.47. The van der Waals surface area contributed by atoms with Crippen LogP contribution in [-0.4, -0.2) is 17.4 Å². The predicted octanol–water partition coefficient (Wildman–Crippen LogP) is 5.59. The molecule has 0 bridgehead atoms. The quantitative estimate of drug-likeness (QED) is 0.602. The summed E-state index contributed by atoms with van der Waals surface area (Å²) < 4.78 is 0. The fourth-order valence-corrected chi connectivity index (χ4v) is 5.89. The lowest BCUT2D eigenvalue weighted by Gasteiger charge is -2.00. The van der Waals surface area contributed by atoms with Crippen molar-refractivity contribution in [1.82, 2.24) is 0 Å². The van der Waals surface area contributed by atoms with Crippen LogP contribution >= 0.6 is 34.0 Å². The van der Waals surface area contributed by atoms with E-state index in [9.17, 15) is 9.59 Å². The number of aldehydes is 1. The van der Waals surface area contributed by atoms with Gasteiger partial charge >= 0.3 is 5.97 Å².